The molecule has 0 spiro atoms. The summed E-state index contributed by atoms with van der Waals surface area (Å²) in [6, 6.07) is 14.4. The molecule has 0 atom stereocenters. The summed E-state index contributed by atoms with van der Waals surface area (Å²) in [5.74, 6) is 1.32. The second-order valence-electron chi connectivity index (χ2n) is 6.73. The van der Waals surface area contributed by atoms with Crippen LogP contribution in [0.3, 0.4) is 0 Å². The summed E-state index contributed by atoms with van der Waals surface area (Å²) < 4.78 is 10.6. The molecule has 0 aromatic heterocycles. The smallest absolute Gasteiger partial charge is 0.253 e. The number of amides is 2. The van der Waals surface area contributed by atoms with Gasteiger partial charge in [-0.2, -0.15) is 0 Å². The van der Waals surface area contributed by atoms with E-state index in [9.17, 15) is 9.59 Å². The molecule has 0 saturated carbocycles. The van der Waals surface area contributed by atoms with E-state index in [-0.39, 0.29) is 17.9 Å². The predicted molar refractivity (Wildman–Crippen MR) is 107 cm³/mol. The van der Waals surface area contributed by atoms with Gasteiger partial charge in [-0.15, -0.1) is 0 Å². The highest BCUT2D eigenvalue weighted by Crippen LogP contribution is 2.18. The van der Waals surface area contributed by atoms with Crippen LogP contribution in [0.25, 0.3) is 0 Å². The Balaban J connectivity index is 1.52. The fraction of sp³-hybridized carbons (Fsp3) is 0.364. The minimum Gasteiger partial charge on any atom is -0.497 e. The Morgan fingerprint density at radius 1 is 1.04 bits per heavy atom. The Morgan fingerprint density at radius 2 is 1.75 bits per heavy atom. The first kappa shape index (κ1) is 19.7. The molecule has 6 heteroatoms. The predicted octanol–water partition coefficient (Wildman–Crippen LogP) is 3.13. The number of nitrogens with one attached hydrogen (secondary N) is 1. The van der Waals surface area contributed by atoms with Gasteiger partial charge in [0.05, 0.1) is 13.7 Å². The maximum Gasteiger partial charge on any atom is 0.253 e. The van der Waals surface area contributed by atoms with E-state index in [1.807, 2.05) is 24.0 Å². The van der Waals surface area contributed by atoms with Gasteiger partial charge < -0.3 is 19.7 Å². The van der Waals surface area contributed by atoms with Gasteiger partial charge in [-0.25, -0.2) is 0 Å². The van der Waals surface area contributed by atoms with E-state index in [2.05, 4.69) is 5.32 Å². The molecule has 28 heavy (non-hydrogen) atoms. The van der Waals surface area contributed by atoms with E-state index in [1.54, 1.807) is 43.5 Å². The number of carbonyl (C=O) groups is 2. The van der Waals surface area contributed by atoms with E-state index < -0.39 is 0 Å². The van der Waals surface area contributed by atoms with Gasteiger partial charge in [-0.3, -0.25) is 9.59 Å². The molecule has 1 heterocycles. The highest BCUT2D eigenvalue weighted by Gasteiger charge is 2.25. The second kappa shape index (κ2) is 9.26. The van der Waals surface area contributed by atoms with Crippen LogP contribution < -0.4 is 14.8 Å². The van der Waals surface area contributed by atoms with Gasteiger partial charge in [0.1, 0.15) is 11.5 Å². The van der Waals surface area contributed by atoms with Gasteiger partial charge in [0.2, 0.25) is 0 Å². The van der Waals surface area contributed by atoms with Gasteiger partial charge >= 0.3 is 0 Å². The average molecular weight is 382 g/mol. The number of benzene rings is 2. The van der Waals surface area contributed by atoms with E-state index in [0.717, 1.165) is 18.6 Å². The van der Waals surface area contributed by atoms with E-state index in [4.69, 9.17) is 9.47 Å². The van der Waals surface area contributed by atoms with Crippen LogP contribution in [0.1, 0.15) is 40.5 Å². The molecule has 2 aromatic rings. The molecule has 1 aliphatic rings. The Labute approximate surface area is 165 Å². The van der Waals surface area contributed by atoms with Crippen LogP contribution in [-0.2, 0) is 0 Å². The maximum absolute atomic E-state index is 12.7. The number of ether oxygens (including phenoxy) is 2. The number of methoxy groups -OCH3 is 1. The summed E-state index contributed by atoms with van der Waals surface area (Å²) in [5.41, 5.74) is 1.23. The van der Waals surface area contributed by atoms with E-state index in [0.29, 0.717) is 36.6 Å². The standard InChI is InChI=1S/C22H26N2O4/c1-3-28-19-9-7-16(8-10-19)21(25)23-18-11-13-24(14-12-18)22(26)17-5-4-6-20(15-17)27-2/h4-10,15,18H,3,11-14H2,1-2H3,(H,23,25). The Bertz CT molecular complexity index is 812. The monoisotopic (exact) mass is 382 g/mol. The third-order valence-electron chi connectivity index (χ3n) is 4.86. The number of piperidine rings is 1. The van der Waals surface area contributed by atoms with Crippen LogP contribution in [0.15, 0.2) is 48.5 Å². The molecular formula is C22H26N2O4. The third-order valence-corrected chi connectivity index (χ3v) is 4.86. The molecule has 1 saturated heterocycles. The van der Waals surface area contributed by atoms with Crippen LogP contribution in [0.2, 0.25) is 0 Å². The first-order chi connectivity index (χ1) is 13.6. The van der Waals surface area contributed by atoms with Crippen LogP contribution in [0.5, 0.6) is 11.5 Å². The second-order valence-corrected chi connectivity index (χ2v) is 6.73. The zero-order valence-corrected chi connectivity index (χ0v) is 16.3. The zero-order valence-electron chi connectivity index (χ0n) is 16.3. The number of likely N-dealkylation sites (tertiary alicyclic amines) is 1. The zero-order chi connectivity index (χ0) is 19.9. The molecule has 0 bridgehead atoms. The van der Waals surface area contributed by atoms with Crippen molar-refractivity contribution in [2.75, 3.05) is 26.8 Å². The van der Waals surface area contributed by atoms with Crippen LogP contribution in [-0.4, -0.2) is 49.6 Å². The van der Waals surface area contributed by atoms with Gasteiger partial charge in [0, 0.05) is 30.3 Å². The summed E-state index contributed by atoms with van der Waals surface area (Å²) >= 11 is 0. The highest BCUT2D eigenvalue weighted by atomic mass is 16.5. The van der Waals surface area contributed by atoms with Crippen molar-refractivity contribution in [3.05, 3.63) is 59.7 Å². The van der Waals surface area contributed by atoms with Crippen LogP contribution in [0.4, 0.5) is 0 Å². The average Bonchev–Trinajstić information content (AvgIpc) is 2.74. The lowest BCUT2D eigenvalue weighted by Crippen LogP contribution is -2.46. The minimum atomic E-state index is -0.0966. The maximum atomic E-state index is 12.7. The Morgan fingerprint density at radius 3 is 2.39 bits per heavy atom. The van der Waals surface area contributed by atoms with Gasteiger partial charge in [-0.05, 0) is 62.2 Å². The minimum absolute atomic E-state index is 0.00445. The lowest BCUT2D eigenvalue weighted by molar-refractivity contribution is 0.0697. The Kier molecular flexibility index (Phi) is 6.53. The van der Waals surface area contributed by atoms with E-state index in [1.165, 1.54) is 0 Å². The lowest BCUT2D eigenvalue weighted by atomic mass is 10.0. The molecule has 1 aliphatic heterocycles. The molecule has 1 N–H and O–H groups in total. The summed E-state index contributed by atoms with van der Waals surface area (Å²) in [6.07, 6.45) is 1.47. The topological polar surface area (TPSA) is 67.9 Å². The molecule has 6 nitrogen and oxygen atoms in total. The van der Waals surface area contributed by atoms with Crippen molar-refractivity contribution in [2.24, 2.45) is 0 Å². The number of hydrogen-bond acceptors (Lipinski definition) is 4. The first-order valence-electron chi connectivity index (χ1n) is 9.57. The molecule has 3 rings (SSSR count). The van der Waals surface area contributed by atoms with Crippen molar-refractivity contribution in [2.45, 2.75) is 25.8 Å². The third kappa shape index (κ3) is 4.82. The molecule has 2 amide bonds. The van der Waals surface area contributed by atoms with Crippen molar-refractivity contribution in [3.8, 4) is 11.5 Å². The van der Waals surface area contributed by atoms with Gasteiger partial charge in [0.15, 0.2) is 0 Å². The fourth-order valence-electron chi connectivity index (χ4n) is 3.30. The van der Waals surface area contributed by atoms with E-state index >= 15 is 0 Å². The molecular weight excluding hydrogens is 356 g/mol. The van der Waals surface area contributed by atoms with Crippen molar-refractivity contribution in [3.63, 3.8) is 0 Å². The molecule has 1 fully saturated rings. The van der Waals surface area contributed by atoms with Crippen molar-refractivity contribution >= 4 is 11.8 Å². The largest absolute Gasteiger partial charge is 0.497 e. The van der Waals surface area contributed by atoms with Crippen molar-refractivity contribution in [1.29, 1.82) is 0 Å². The fourth-order valence-corrected chi connectivity index (χ4v) is 3.30. The normalized spacial score (nSPS) is 14.4. The molecule has 148 valence electrons. The SMILES string of the molecule is CCOc1ccc(C(=O)NC2CCN(C(=O)c3cccc(OC)c3)CC2)cc1. The lowest BCUT2D eigenvalue weighted by Gasteiger charge is -2.32. The quantitative estimate of drug-likeness (QED) is 0.834. The first-order valence-corrected chi connectivity index (χ1v) is 9.57. The van der Waals surface area contributed by atoms with Crippen molar-refractivity contribution in [1.82, 2.24) is 10.2 Å². The molecule has 0 radical (unpaired) electrons. The van der Waals surface area contributed by atoms with Crippen LogP contribution >= 0.6 is 0 Å². The summed E-state index contributed by atoms with van der Waals surface area (Å²) in [6.45, 7) is 3.75. The van der Waals surface area contributed by atoms with Gasteiger partial charge in [0.25, 0.3) is 11.8 Å². The molecule has 2 aromatic carbocycles. The Hall–Kier alpha value is -3.02. The number of hydrogen-bond donors (Lipinski definition) is 1. The van der Waals surface area contributed by atoms with Crippen LogP contribution in [0, 0.1) is 0 Å². The summed E-state index contributed by atoms with van der Waals surface area (Å²) in [5, 5.41) is 3.07. The summed E-state index contributed by atoms with van der Waals surface area (Å²) in [4.78, 5) is 26.9. The van der Waals surface area contributed by atoms with Gasteiger partial charge in [-0.1, -0.05) is 6.07 Å². The molecule has 0 unspecified atom stereocenters. The molecule has 0 aliphatic carbocycles. The number of carbonyl (C=O) groups excluding carboxylic acids is 2. The van der Waals surface area contributed by atoms with Crippen molar-refractivity contribution < 1.29 is 19.1 Å². The highest BCUT2D eigenvalue weighted by molar-refractivity contribution is 5.95. The summed E-state index contributed by atoms with van der Waals surface area (Å²) in [7, 11) is 1.59. The number of nitrogens with zero attached hydrogens (tertiary/aromatic N) is 1. The number of rotatable bonds is 6.